The third-order valence-corrected chi connectivity index (χ3v) is 7.25. The summed E-state index contributed by atoms with van der Waals surface area (Å²) in [4.78, 5) is 12.9. The van der Waals surface area contributed by atoms with E-state index in [0.717, 1.165) is 23.2 Å². The first-order valence-corrected chi connectivity index (χ1v) is 11.1. The Morgan fingerprint density at radius 1 is 1.04 bits per heavy atom. The second kappa shape index (κ2) is 8.05. The molecule has 3 rings (SSSR count). The van der Waals surface area contributed by atoms with E-state index in [1.165, 1.54) is 6.07 Å². The summed E-state index contributed by atoms with van der Waals surface area (Å²) < 4.78 is 27.8. The number of piperidine rings is 1. The summed E-state index contributed by atoms with van der Waals surface area (Å²) in [7, 11) is -3.62. The molecule has 2 aromatic carbocycles. The Bertz CT molecular complexity index is 975. The molecule has 0 aromatic heterocycles. The minimum Gasteiger partial charge on any atom is -0.322 e. The molecule has 0 spiro atoms. The van der Waals surface area contributed by atoms with Crippen molar-refractivity contribution in [2.45, 2.75) is 39.0 Å². The molecule has 150 valence electrons. The van der Waals surface area contributed by atoms with Crippen molar-refractivity contribution in [2.24, 2.45) is 11.8 Å². The molecule has 1 aliphatic heterocycles. The fourth-order valence-corrected chi connectivity index (χ4v) is 5.56. The van der Waals surface area contributed by atoms with Gasteiger partial charge in [0.2, 0.25) is 10.0 Å². The van der Waals surface area contributed by atoms with E-state index >= 15 is 0 Å². The van der Waals surface area contributed by atoms with Gasteiger partial charge in [-0.05, 0) is 67.5 Å². The summed E-state index contributed by atoms with van der Waals surface area (Å²) in [5.74, 6) is 0.342. The second-order valence-electron chi connectivity index (χ2n) is 8.00. The smallest absolute Gasteiger partial charge is 0.255 e. The number of rotatable bonds is 4. The fourth-order valence-electron chi connectivity index (χ4n) is 3.83. The average molecular weight is 401 g/mol. The molecule has 2 unspecified atom stereocenters. The van der Waals surface area contributed by atoms with Gasteiger partial charge < -0.3 is 5.32 Å². The number of nitrogens with zero attached hydrogens (tertiary/aromatic N) is 1. The normalized spacial score (nSPS) is 20.7. The van der Waals surface area contributed by atoms with Crippen molar-refractivity contribution in [3.63, 3.8) is 0 Å². The molecule has 1 amide bonds. The zero-order valence-electron chi connectivity index (χ0n) is 16.9. The standard InChI is InChI=1S/C22H28N2O3S/c1-15-11-16(2)14-24(13-15)28(26,27)20-9-6-8-19(12-20)22(25)23-21-10-5-7-17(3)18(21)4/h5-10,12,15-16H,11,13-14H2,1-4H3,(H,23,25). The van der Waals surface area contributed by atoms with Crippen LogP contribution < -0.4 is 5.32 Å². The largest absolute Gasteiger partial charge is 0.322 e. The Labute approximate surface area is 167 Å². The van der Waals surface area contributed by atoms with Crippen LogP contribution in [0.4, 0.5) is 5.69 Å². The third-order valence-electron chi connectivity index (χ3n) is 5.42. The predicted molar refractivity (Wildman–Crippen MR) is 112 cm³/mol. The first-order valence-electron chi connectivity index (χ1n) is 9.66. The van der Waals surface area contributed by atoms with Gasteiger partial charge in [0.15, 0.2) is 0 Å². The van der Waals surface area contributed by atoms with Crippen LogP contribution in [0.15, 0.2) is 47.4 Å². The molecule has 1 heterocycles. The number of carbonyl (C=O) groups excluding carboxylic acids is 1. The SMILES string of the molecule is Cc1cccc(NC(=O)c2cccc(S(=O)(=O)N3CC(C)CC(C)C3)c2)c1C. The maximum absolute atomic E-state index is 13.1. The van der Waals surface area contributed by atoms with Crippen molar-refractivity contribution in [1.29, 1.82) is 0 Å². The zero-order chi connectivity index (χ0) is 20.5. The summed E-state index contributed by atoms with van der Waals surface area (Å²) in [6.45, 7) is 9.12. The number of sulfonamides is 1. The van der Waals surface area contributed by atoms with E-state index < -0.39 is 10.0 Å². The highest BCUT2D eigenvalue weighted by Crippen LogP contribution is 2.27. The minimum atomic E-state index is -3.62. The Balaban J connectivity index is 1.85. The maximum Gasteiger partial charge on any atom is 0.255 e. The lowest BCUT2D eigenvalue weighted by Crippen LogP contribution is -2.42. The molecule has 1 aliphatic rings. The summed E-state index contributed by atoms with van der Waals surface area (Å²) in [6.07, 6.45) is 1.03. The van der Waals surface area contributed by atoms with Gasteiger partial charge in [0, 0.05) is 24.3 Å². The summed E-state index contributed by atoms with van der Waals surface area (Å²) in [6, 6.07) is 12.0. The van der Waals surface area contributed by atoms with Gasteiger partial charge in [0.05, 0.1) is 4.90 Å². The summed E-state index contributed by atoms with van der Waals surface area (Å²) in [5.41, 5.74) is 3.15. The molecule has 28 heavy (non-hydrogen) atoms. The van der Waals surface area contributed by atoms with Crippen molar-refractivity contribution in [1.82, 2.24) is 4.31 Å². The van der Waals surface area contributed by atoms with E-state index in [1.54, 1.807) is 22.5 Å². The summed E-state index contributed by atoms with van der Waals surface area (Å²) in [5, 5.41) is 2.89. The highest BCUT2D eigenvalue weighted by Gasteiger charge is 2.32. The Morgan fingerprint density at radius 3 is 2.36 bits per heavy atom. The molecule has 0 aliphatic carbocycles. The van der Waals surface area contributed by atoms with Crippen molar-refractivity contribution >= 4 is 21.6 Å². The van der Waals surface area contributed by atoms with Crippen LogP contribution in [0.2, 0.25) is 0 Å². The van der Waals surface area contributed by atoms with Gasteiger partial charge in [0.25, 0.3) is 5.91 Å². The van der Waals surface area contributed by atoms with Crippen LogP contribution in [0.5, 0.6) is 0 Å². The van der Waals surface area contributed by atoms with E-state index in [2.05, 4.69) is 19.2 Å². The van der Waals surface area contributed by atoms with Gasteiger partial charge in [-0.2, -0.15) is 4.31 Å². The highest BCUT2D eigenvalue weighted by molar-refractivity contribution is 7.89. The number of nitrogens with one attached hydrogen (secondary N) is 1. The number of amides is 1. The molecular weight excluding hydrogens is 372 g/mol. The van der Waals surface area contributed by atoms with Crippen LogP contribution in [-0.2, 0) is 10.0 Å². The molecule has 5 nitrogen and oxygen atoms in total. The highest BCUT2D eigenvalue weighted by atomic mass is 32.2. The van der Waals surface area contributed by atoms with E-state index in [-0.39, 0.29) is 10.8 Å². The first kappa shape index (κ1) is 20.6. The molecule has 6 heteroatoms. The molecule has 1 fully saturated rings. The van der Waals surface area contributed by atoms with Crippen LogP contribution in [0.3, 0.4) is 0 Å². The minimum absolute atomic E-state index is 0.169. The maximum atomic E-state index is 13.1. The van der Waals surface area contributed by atoms with Crippen LogP contribution in [0.25, 0.3) is 0 Å². The van der Waals surface area contributed by atoms with Crippen LogP contribution in [-0.4, -0.2) is 31.7 Å². The zero-order valence-corrected chi connectivity index (χ0v) is 17.7. The van der Waals surface area contributed by atoms with Gasteiger partial charge in [-0.1, -0.05) is 32.0 Å². The van der Waals surface area contributed by atoms with E-state index in [9.17, 15) is 13.2 Å². The van der Waals surface area contributed by atoms with Crippen molar-refractivity contribution in [3.05, 3.63) is 59.2 Å². The number of aryl methyl sites for hydroxylation is 1. The molecule has 0 bridgehead atoms. The molecular formula is C22H28N2O3S. The van der Waals surface area contributed by atoms with Crippen molar-refractivity contribution in [2.75, 3.05) is 18.4 Å². The number of benzene rings is 2. The predicted octanol–water partition coefficient (Wildman–Crippen LogP) is 4.22. The lowest BCUT2D eigenvalue weighted by molar-refractivity contribution is 0.102. The van der Waals surface area contributed by atoms with E-state index in [0.29, 0.717) is 30.5 Å². The van der Waals surface area contributed by atoms with Gasteiger partial charge >= 0.3 is 0 Å². The number of carbonyl (C=O) groups is 1. The molecule has 0 radical (unpaired) electrons. The Morgan fingerprint density at radius 2 is 1.68 bits per heavy atom. The van der Waals surface area contributed by atoms with E-state index in [1.807, 2.05) is 32.0 Å². The molecule has 1 saturated heterocycles. The Kier molecular flexibility index (Phi) is 5.91. The lowest BCUT2D eigenvalue weighted by atomic mass is 9.94. The van der Waals surface area contributed by atoms with Gasteiger partial charge in [0.1, 0.15) is 0 Å². The fraction of sp³-hybridized carbons (Fsp3) is 0.409. The third kappa shape index (κ3) is 4.28. The molecule has 2 atom stereocenters. The lowest BCUT2D eigenvalue weighted by Gasteiger charge is -2.34. The second-order valence-corrected chi connectivity index (χ2v) is 9.94. The van der Waals surface area contributed by atoms with Crippen molar-refractivity contribution < 1.29 is 13.2 Å². The number of anilines is 1. The van der Waals surface area contributed by atoms with Crippen LogP contribution in [0.1, 0.15) is 41.8 Å². The molecule has 1 N–H and O–H groups in total. The number of hydrogen-bond acceptors (Lipinski definition) is 3. The quantitative estimate of drug-likeness (QED) is 0.835. The number of hydrogen-bond donors (Lipinski definition) is 1. The van der Waals surface area contributed by atoms with Crippen LogP contribution >= 0.6 is 0 Å². The summed E-state index contributed by atoms with van der Waals surface area (Å²) >= 11 is 0. The van der Waals surface area contributed by atoms with Gasteiger partial charge in [-0.3, -0.25) is 4.79 Å². The topological polar surface area (TPSA) is 66.5 Å². The van der Waals surface area contributed by atoms with Crippen molar-refractivity contribution in [3.8, 4) is 0 Å². The van der Waals surface area contributed by atoms with Gasteiger partial charge in [-0.25, -0.2) is 8.42 Å². The average Bonchev–Trinajstić information content (AvgIpc) is 2.64. The molecule has 0 saturated carbocycles. The monoisotopic (exact) mass is 400 g/mol. The van der Waals surface area contributed by atoms with E-state index in [4.69, 9.17) is 0 Å². The van der Waals surface area contributed by atoms with Gasteiger partial charge in [-0.15, -0.1) is 0 Å². The molecule has 2 aromatic rings. The van der Waals surface area contributed by atoms with Crippen LogP contribution in [0, 0.1) is 25.7 Å². The first-order chi connectivity index (χ1) is 13.2. The Hall–Kier alpha value is -2.18.